The molecule has 7 heteroatoms. The van der Waals surface area contributed by atoms with E-state index in [2.05, 4.69) is 15.3 Å². The Morgan fingerprint density at radius 2 is 1.76 bits per heavy atom. The number of rotatable bonds is 7. The maximum absolute atomic E-state index is 5.90. The minimum Gasteiger partial charge on any atom is -0.493 e. The standard InChI is InChI=1S/C18H18ClN3O2S/c1-23-16-9-14-15(10-17(16)24-2)21-11-22-18(14)20-7-8-25-13-5-3-12(19)4-6-13/h3-6,9-11H,7-8H2,1-2H3,(H,20,21,22). The summed E-state index contributed by atoms with van der Waals surface area (Å²) in [4.78, 5) is 9.84. The molecule has 1 N–H and O–H groups in total. The third-order valence-corrected chi connectivity index (χ3v) is 4.88. The molecule has 0 aliphatic rings. The molecule has 25 heavy (non-hydrogen) atoms. The van der Waals surface area contributed by atoms with E-state index in [9.17, 15) is 0 Å². The molecule has 130 valence electrons. The molecule has 0 spiro atoms. The van der Waals surface area contributed by atoms with Gasteiger partial charge in [-0.05, 0) is 30.3 Å². The van der Waals surface area contributed by atoms with Gasteiger partial charge in [-0.15, -0.1) is 11.8 Å². The summed E-state index contributed by atoms with van der Waals surface area (Å²) in [6, 6.07) is 11.6. The maximum atomic E-state index is 5.90. The Kier molecular flexibility index (Phi) is 5.83. The average Bonchev–Trinajstić information content (AvgIpc) is 2.65. The van der Waals surface area contributed by atoms with Gasteiger partial charge in [-0.25, -0.2) is 9.97 Å². The highest BCUT2D eigenvalue weighted by Crippen LogP contribution is 2.33. The number of benzene rings is 2. The van der Waals surface area contributed by atoms with E-state index in [1.165, 1.54) is 4.90 Å². The molecule has 1 heterocycles. The molecule has 0 amide bonds. The predicted octanol–water partition coefficient (Wildman–Crippen LogP) is 4.50. The third-order valence-electron chi connectivity index (χ3n) is 3.62. The van der Waals surface area contributed by atoms with Gasteiger partial charge in [0.25, 0.3) is 0 Å². The molecule has 0 atom stereocenters. The van der Waals surface area contributed by atoms with Crippen molar-refractivity contribution in [2.45, 2.75) is 4.90 Å². The normalized spacial score (nSPS) is 10.7. The van der Waals surface area contributed by atoms with E-state index in [0.717, 1.165) is 34.0 Å². The summed E-state index contributed by atoms with van der Waals surface area (Å²) in [5.41, 5.74) is 0.806. The molecule has 2 aromatic carbocycles. The van der Waals surface area contributed by atoms with Gasteiger partial charge in [0.2, 0.25) is 0 Å². The fourth-order valence-corrected chi connectivity index (χ4v) is 3.29. The van der Waals surface area contributed by atoms with Crippen LogP contribution < -0.4 is 14.8 Å². The van der Waals surface area contributed by atoms with Gasteiger partial charge >= 0.3 is 0 Å². The molecule has 0 unspecified atom stereocenters. The Morgan fingerprint density at radius 1 is 1.04 bits per heavy atom. The number of methoxy groups -OCH3 is 2. The van der Waals surface area contributed by atoms with Crippen LogP contribution in [0.2, 0.25) is 5.02 Å². The molecule has 3 aromatic rings. The number of nitrogens with zero attached hydrogens (tertiary/aromatic N) is 2. The Labute approximate surface area is 155 Å². The van der Waals surface area contributed by atoms with Gasteiger partial charge in [-0.3, -0.25) is 0 Å². The largest absolute Gasteiger partial charge is 0.493 e. The van der Waals surface area contributed by atoms with Gasteiger partial charge < -0.3 is 14.8 Å². The predicted molar refractivity (Wildman–Crippen MR) is 103 cm³/mol. The van der Waals surface area contributed by atoms with Gasteiger partial charge in [0.05, 0.1) is 19.7 Å². The van der Waals surface area contributed by atoms with Crippen molar-refractivity contribution in [1.29, 1.82) is 0 Å². The van der Waals surface area contributed by atoms with Gasteiger partial charge in [0.15, 0.2) is 11.5 Å². The molecule has 5 nitrogen and oxygen atoms in total. The van der Waals surface area contributed by atoms with Crippen LogP contribution in [0.15, 0.2) is 47.6 Å². The van der Waals surface area contributed by atoms with Crippen LogP contribution in [0.1, 0.15) is 0 Å². The molecular weight excluding hydrogens is 358 g/mol. The van der Waals surface area contributed by atoms with E-state index in [4.69, 9.17) is 21.1 Å². The first-order chi connectivity index (χ1) is 12.2. The van der Waals surface area contributed by atoms with Gasteiger partial charge in [-0.2, -0.15) is 0 Å². The second-order valence-electron chi connectivity index (χ2n) is 5.18. The molecule has 0 bridgehead atoms. The fraction of sp³-hybridized carbons (Fsp3) is 0.222. The van der Waals surface area contributed by atoms with Crippen LogP contribution in [-0.4, -0.2) is 36.5 Å². The number of hydrogen-bond acceptors (Lipinski definition) is 6. The number of thioether (sulfide) groups is 1. The monoisotopic (exact) mass is 375 g/mol. The van der Waals surface area contributed by atoms with E-state index < -0.39 is 0 Å². The number of fused-ring (bicyclic) bond motifs is 1. The number of anilines is 1. The molecular formula is C18H18ClN3O2S. The van der Waals surface area contributed by atoms with Gasteiger partial charge in [-0.1, -0.05) is 11.6 Å². The number of hydrogen-bond donors (Lipinski definition) is 1. The maximum Gasteiger partial charge on any atom is 0.162 e. The fourth-order valence-electron chi connectivity index (χ4n) is 2.39. The molecule has 1 aromatic heterocycles. The summed E-state index contributed by atoms with van der Waals surface area (Å²) in [7, 11) is 3.22. The summed E-state index contributed by atoms with van der Waals surface area (Å²) in [5, 5.41) is 5.01. The first kappa shape index (κ1) is 17.6. The van der Waals surface area contributed by atoms with Crippen molar-refractivity contribution in [2.24, 2.45) is 0 Å². The first-order valence-electron chi connectivity index (χ1n) is 7.70. The summed E-state index contributed by atoms with van der Waals surface area (Å²) in [6.45, 7) is 0.772. The van der Waals surface area contributed by atoms with Crippen molar-refractivity contribution in [2.75, 3.05) is 31.8 Å². The molecule has 0 fully saturated rings. The van der Waals surface area contributed by atoms with Crippen molar-refractivity contribution in [3.05, 3.63) is 47.7 Å². The molecule has 0 saturated carbocycles. The van der Waals surface area contributed by atoms with Crippen LogP contribution in [0.3, 0.4) is 0 Å². The van der Waals surface area contributed by atoms with Crippen molar-refractivity contribution < 1.29 is 9.47 Å². The molecule has 0 saturated heterocycles. The minimum atomic E-state index is 0.651. The highest BCUT2D eigenvalue weighted by atomic mass is 35.5. The average molecular weight is 376 g/mol. The Morgan fingerprint density at radius 3 is 2.48 bits per heavy atom. The molecule has 0 aliphatic heterocycles. The topological polar surface area (TPSA) is 56.3 Å². The number of aromatic nitrogens is 2. The summed E-state index contributed by atoms with van der Waals surface area (Å²) in [6.07, 6.45) is 1.54. The lowest BCUT2D eigenvalue weighted by Crippen LogP contribution is -2.06. The van der Waals surface area contributed by atoms with Crippen LogP contribution in [0.5, 0.6) is 11.5 Å². The minimum absolute atomic E-state index is 0.651. The van der Waals surface area contributed by atoms with Crippen LogP contribution in [-0.2, 0) is 0 Å². The van der Waals surface area contributed by atoms with Gasteiger partial charge in [0, 0.05) is 33.7 Å². The van der Waals surface area contributed by atoms with Crippen molar-refractivity contribution in [3.63, 3.8) is 0 Å². The summed E-state index contributed by atoms with van der Waals surface area (Å²) in [5.74, 6) is 2.99. The van der Waals surface area contributed by atoms with E-state index in [1.807, 2.05) is 36.4 Å². The highest BCUT2D eigenvalue weighted by molar-refractivity contribution is 7.99. The highest BCUT2D eigenvalue weighted by Gasteiger charge is 2.10. The summed E-state index contributed by atoms with van der Waals surface area (Å²) >= 11 is 7.66. The third kappa shape index (κ3) is 4.27. The van der Waals surface area contributed by atoms with E-state index in [-0.39, 0.29) is 0 Å². The van der Waals surface area contributed by atoms with Crippen LogP contribution in [0.25, 0.3) is 10.9 Å². The zero-order valence-electron chi connectivity index (χ0n) is 14.0. The lowest BCUT2D eigenvalue weighted by atomic mass is 10.2. The van der Waals surface area contributed by atoms with Crippen molar-refractivity contribution >= 4 is 40.1 Å². The SMILES string of the molecule is COc1cc2ncnc(NCCSc3ccc(Cl)cc3)c2cc1OC. The van der Waals surface area contributed by atoms with E-state index >= 15 is 0 Å². The quantitative estimate of drug-likeness (QED) is 0.484. The lowest BCUT2D eigenvalue weighted by Gasteiger charge is -2.12. The van der Waals surface area contributed by atoms with Crippen LogP contribution in [0, 0.1) is 0 Å². The number of nitrogens with one attached hydrogen (secondary N) is 1. The molecule has 0 aliphatic carbocycles. The zero-order chi connectivity index (χ0) is 17.6. The Hall–Kier alpha value is -2.18. The van der Waals surface area contributed by atoms with E-state index in [1.54, 1.807) is 32.3 Å². The van der Waals surface area contributed by atoms with Crippen molar-refractivity contribution in [3.8, 4) is 11.5 Å². The number of halogens is 1. The smallest absolute Gasteiger partial charge is 0.162 e. The molecule has 0 radical (unpaired) electrons. The Bertz CT molecular complexity index is 859. The Balaban J connectivity index is 1.69. The van der Waals surface area contributed by atoms with Crippen LogP contribution >= 0.6 is 23.4 Å². The van der Waals surface area contributed by atoms with E-state index in [0.29, 0.717) is 11.5 Å². The van der Waals surface area contributed by atoms with Crippen LogP contribution in [0.4, 0.5) is 5.82 Å². The summed E-state index contributed by atoms with van der Waals surface area (Å²) < 4.78 is 10.7. The lowest BCUT2D eigenvalue weighted by molar-refractivity contribution is 0.356. The molecule has 3 rings (SSSR count). The van der Waals surface area contributed by atoms with Gasteiger partial charge in [0.1, 0.15) is 12.1 Å². The zero-order valence-corrected chi connectivity index (χ0v) is 15.5. The first-order valence-corrected chi connectivity index (χ1v) is 9.06. The number of ether oxygens (including phenoxy) is 2. The second-order valence-corrected chi connectivity index (χ2v) is 6.78. The van der Waals surface area contributed by atoms with Crippen molar-refractivity contribution in [1.82, 2.24) is 9.97 Å². The second kappa shape index (κ2) is 8.27.